The molecule has 0 heterocycles. The van der Waals surface area contributed by atoms with Gasteiger partial charge in [-0.05, 0) is 6.92 Å². The third-order valence-corrected chi connectivity index (χ3v) is 1.83. The fourth-order valence-corrected chi connectivity index (χ4v) is 0.886. The van der Waals surface area contributed by atoms with Gasteiger partial charge in [-0.1, -0.05) is 13.8 Å². The van der Waals surface area contributed by atoms with Gasteiger partial charge in [0.25, 0.3) is 0 Å². The van der Waals surface area contributed by atoms with E-state index in [4.69, 9.17) is 9.47 Å². The maximum absolute atomic E-state index is 10.7. The molecule has 0 fully saturated rings. The molecule has 12 heavy (non-hydrogen) atoms. The summed E-state index contributed by atoms with van der Waals surface area (Å²) in [5, 5.41) is 0. The SMILES string of the molecule is CCOC(C)(OC(C)=O)C(C)C. The molecule has 1 unspecified atom stereocenters. The number of carbonyl (C=O) groups is 1. The van der Waals surface area contributed by atoms with Crippen LogP contribution in [0.4, 0.5) is 0 Å². The fraction of sp³-hybridized carbons (Fsp3) is 0.889. The van der Waals surface area contributed by atoms with Gasteiger partial charge in [-0.3, -0.25) is 4.79 Å². The van der Waals surface area contributed by atoms with Crippen molar-refractivity contribution in [3.05, 3.63) is 0 Å². The lowest BCUT2D eigenvalue weighted by Crippen LogP contribution is -2.39. The molecule has 0 saturated carbocycles. The van der Waals surface area contributed by atoms with Gasteiger partial charge in [-0.25, -0.2) is 0 Å². The first kappa shape index (κ1) is 11.4. The highest BCUT2D eigenvalue weighted by atomic mass is 16.7. The zero-order chi connectivity index (χ0) is 9.78. The maximum Gasteiger partial charge on any atom is 0.305 e. The van der Waals surface area contributed by atoms with Crippen molar-refractivity contribution in [1.29, 1.82) is 0 Å². The van der Waals surface area contributed by atoms with Gasteiger partial charge in [0.2, 0.25) is 5.79 Å². The summed E-state index contributed by atoms with van der Waals surface area (Å²) in [6.07, 6.45) is 0. The van der Waals surface area contributed by atoms with Crippen molar-refractivity contribution < 1.29 is 14.3 Å². The number of esters is 1. The summed E-state index contributed by atoms with van der Waals surface area (Å²) in [4.78, 5) is 10.7. The lowest BCUT2D eigenvalue weighted by Gasteiger charge is -2.32. The van der Waals surface area contributed by atoms with Gasteiger partial charge >= 0.3 is 5.97 Å². The van der Waals surface area contributed by atoms with E-state index in [1.165, 1.54) is 6.92 Å². The van der Waals surface area contributed by atoms with E-state index in [1.807, 2.05) is 20.8 Å². The Morgan fingerprint density at radius 1 is 1.50 bits per heavy atom. The molecule has 0 aliphatic heterocycles. The van der Waals surface area contributed by atoms with Gasteiger partial charge in [0, 0.05) is 26.4 Å². The second-order valence-electron chi connectivity index (χ2n) is 3.20. The fourth-order valence-electron chi connectivity index (χ4n) is 0.886. The Bertz CT molecular complexity index is 154. The van der Waals surface area contributed by atoms with E-state index in [2.05, 4.69) is 0 Å². The predicted molar refractivity (Wildman–Crippen MR) is 46.6 cm³/mol. The Balaban J connectivity index is 4.28. The third kappa shape index (κ3) is 3.22. The second kappa shape index (κ2) is 4.45. The van der Waals surface area contributed by atoms with Crippen molar-refractivity contribution in [3.8, 4) is 0 Å². The number of ether oxygens (including phenoxy) is 2. The summed E-state index contributed by atoms with van der Waals surface area (Å²) in [5.74, 6) is -0.929. The molecule has 0 aromatic carbocycles. The number of rotatable bonds is 4. The minimum Gasteiger partial charge on any atom is -0.433 e. The van der Waals surface area contributed by atoms with Gasteiger partial charge < -0.3 is 9.47 Å². The van der Waals surface area contributed by atoms with E-state index in [9.17, 15) is 4.79 Å². The van der Waals surface area contributed by atoms with Crippen LogP contribution < -0.4 is 0 Å². The number of hydrogen-bond acceptors (Lipinski definition) is 3. The van der Waals surface area contributed by atoms with Crippen molar-refractivity contribution in [2.24, 2.45) is 5.92 Å². The van der Waals surface area contributed by atoms with Crippen LogP contribution in [0.2, 0.25) is 0 Å². The van der Waals surface area contributed by atoms with Crippen LogP contribution in [0.1, 0.15) is 34.6 Å². The molecule has 0 bridgehead atoms. The van der Waals surface area contributed by atoms with Gasteiger partial charge in [0.05, 0.1) is 0 Å². The Morgan fingerprint density at radius 2 is 2.00 bits per heavy atom. The molecule has 0 N–H and O–H groups in total. The molecule has 0 aromatic rings. The molecule has 3 nitrogen and oxygen atoms in total. The summed E-state index contributed by atoms with van der Waals surface area (Å²) in [5.41, 5.74) is 0. The molecule has 1 atom stereocenters. The quantitative estimate of drug-likeness (QED) is 0.482. The normalized spacial score (nSPS) is 15.8. The Morgan fingerprint density at radius 3 is 2.25 bits per heavy atom. The van der Waals surface area contributed by atoms with Crippen molar-refractivity contribution in [3.63, 3.8) is 0 Å². The highest BCUT2D eigenvalue weighted by molar-refractivity contribution is 5.66. The van der Waals surface area contributed by atoms with Crippen molar-refractivity contribution >= 4 is 5.97 Å². The highest BCUT2D eigenvalue weighted by Gasteiger charge is 2.31. The summed E-state index contributed by atoms with van der Waals surface area (Å²) in [6, 6.07) is 0. The molecule has 0 aliphatic carbocycles. The third-order valence-electron chi connectivity index (χ3n) is 1.83. The first-order chi connectivity index (χ1) is 5.42. The van der Waals surface area contributed by atoms with Crippen LogP contribution in [0.15, 0.2) is 0 Å². The zero-order valence-corrected chi connectivity index (χ0v) is 8.51. The van der Waals surface area contributed by atoms with E-state index in [-0.39, 0.29) is 11.9 Å². The van der Waals surface area contributed by atoms with Crippen molar-refractivity contribution in [2.75, 3.05) is 6.61 Å². The van der Waals surface area contributed by atoms with Gasteiger partial charge in [-0.15, -0.1) is 0 Å². The van der Waals surface area contributed by atoms with Crippen molar-refractivity contribution in [2.45, 2.75) is 40.4 Å². The molecule has 3 heteroatoms. The van der Waals surface area contributed by atoms with E-state index >= 15 is 0 Å². The van der Waals surface area contributed by atoms with E-state index in [0.717, 1.165) is 0 Å². The molecule has 0 spiro atoms. The molecule has 0 amide bonds. The summed E-state index contributed by atoms with van der Waals surface area (Å²) >= 11 is 0. The van der Waals surface area contributed by atoms with Crippen LogP contribution in [0.5, 0.6) is 0 Å². The van der Waals surface area contributed by atoms with Gasteiger partial charge in [-0.2, -0.15) is 0 Å². The van der Waals surface area contributed by atoms with Crippen molar-refractivity contribution in [1.82, 2.24) is 0 Å². The highest BCUT2D eigenvalue weighted by Crippen LogP contribution is 2.22. The number of carbonyl (C=O) groups excluding carboxylic acids is 1. The molecular formula is C9H18O3. The summed E-state index contributed by atoms with van der Waals surface area (Å²) in [6.45, 7) is 9.51. The Labute approximate surface area is 74.0 Å². The van der Waals surface area contributed by atoms with Crippen LogP contribution in [-0.4, -0.2) is 18.4 Å². The lowest BCUT2D eigenvalue weighted by atomic mass is 10.1. The predicted octanol–water partition coefficient (Wildman–Crippen LogP) is 1.96. The van der Waals surface area contributed by atoms with E-state index < -0.39 is 5.79 Å². The minimum atomic E-state index is -0.777. The Hall–Kier alpha value is -0.570. The smallest absolute Gasteiger partial charge is 0.305 e. The van der Waals surface area contributed by atoms with Crippen LogP contribution in [0.3, 0.4) is 0 Å². The van der Waals surface area contributed by atoms with Crippen LogP contribution in [0, 0.1) is 5.92 Å². The first-order valence-corrected chi connectivity index (χ1v) is 4.26. The van der Waals surface area contributed by atoms with Crippen LogP contribution in [0.25, 0.3) is 0 Å². The molecule has 0 aliphatic rings. The largest absolute Gasteiger partial charge is 0.433 e. The average molecular weight is 174 g/mol. The summed E-state index contributed by atoms with van der Waals surface area (Å²) in [7, 11) is 0. The molecule has 0 saturated heterocycles. The average Bonchev–Trinajstić information content (AvgIpc) is 1.85. The molecule has 0 aromatic heterocycles. The number of hydrogen-bond donors (Lipinski definition) is 0. The molecule has 72 valence electrons. The molecule has 0 radical (unpaired) electrons. The summed E-state index contributed by atoms with van der Waals surface area (Å²) < 4.78 is 10.4. The van der Waals surface area contributed by atoms with Crippen LogP contribution >= 0.6 is 0 Å². The van der Waals surface area contributed by atoms with Gasteiger partial charge in [0.15, 0.2) is 0 Å². The second-order valence-corrected chi connectivity index (χ2v) is 3.20. The topological polar surface area (TPSA) is 35.5 Å². The minimum absolute atomic E-state index is 0.154. The standard InChI is InChI=1S/C9H18O3/c1-6-11-9(5,7(2)3)12-8(4)10/h7H,6H2,1-5H3. The first-order valence-electron chi connectivity index (χ1n) is 4.26. The zero-order valence-electron chi connectivity index (χ0n) is 8.51. The lowest BCUT2D eigenvalue weighted by molar-refractivity contribution is -0.238. The van der Waals surface area contributed by atoms with Crippen LogP contribution in [-0.2, 0) is 14.3 Å². The van der Waals surface area contributed by atoms with E-state index in [0.29, 0.717) is 6.61 Å². The maximum atomic E-state index is 10.7. The molecular weight excluding hydrogens is 156 g/mol. The van der Waals surface area contributed by atoms with E-state index in [1.54, 1.807) is 6.92 Å². The Kier molecular flexibility index (Phi) is 4.24. The van der Waals surface area contributed by atoms with Gasteiger partial charge in [0.1, 0.15) is 0 Å². The monoisotopic (exact) mass is 174 g/mol. The molecule has 0 rings (SSSR count).